The van der Waals surface area contributed by atoms with Gasteiger partial charge in [-0.2, -0.15) is 0 Å². The molecule has 1 aromatic carbocycles. The van der Waals surface area contributed by atoms with E-state index in [-0.39, 0.29) is 6.10 Å². The van der Waals surface area contributed by atoms with Crippen LogP contribution in [0.5, 0.6) is 0 Å². The first-order valence-corrected chi connectivity index (χ1v) is 6.21. The molecule has 2 rings (SSSR count). The quantitative estimate of drug-likeness (QED) is 0.858. The summed E-state index contributed by atoms with van der Waals surface area (Å²) in [6.07, 6.45) is 3.85. The predicted molar refractivity (Wildman–Crippen MR) is 68.1 cm³/mol. The van der Waals surface area contributed by atoms with Crippen molar-refractivity contribution >= 4 is 17.3 Å². The summed E-state index contributed by atoms with van der Waals surface area (Å²) >= 11 is 5.98. The number of hydrogen-bond acceptors (Lipinski definition) is 2. The van der Waals surface area contributed by atoms with E-state index < -0.39 is 0 Å². The highest BCUT2D eigenvalue weighted by Crippen LogP contribution is 2.27. The van der Waals surface area contributed by atoms with E-state index in [4.69, 9.17) is 11.6 Å². The van der Waals surface area contributed by atoms with Crippen LogP contribution in [0.3, 0.4) is 0 Å². The van der Waals surface area contributed by atoms with E-state index in [0.717, 1.165) is 36.4 Å². The third-order valence-corrected chi connectivity index (χ3v) is 3.66. The topological polar surface area (TPSA) is 23.5 Å². The van der Waals surface area contributed by atoms with Gasteiger partial charge in [0.1, 0.15) is 0 Å². The summed E-state index contributed by atoms with van der Waals surface area (Å²) in [5.74, 6) is 0. The van der Waals surface area contributed by atoms with Crippen molar-refractivity contribution in [1.82, 2.24) is 0 Å². The molecule has 16 heavy (non-hydrogen) atoms. The van der Waals surface area contributed by atoms with Gasteiger partial charge in [-0.1, -0.05) is 17.7 Å². The highest BCUT2D eigenvalue weighted by atomic mass is 35.5. The van der Waals surface area contributed by atoms with Crippen molar-refractivity contribution in [2.45, 2.75) is 37.8 Å². The van der Waals surface area contributed by atoms with E-state index in [1.54, 1.807) is 0 Å². The van der Waals surface area contributed by atoms with Gasteiger partial charge >= 0.3 is 0 Å². The standard InChI is InChI=1S/C13H18ClNO/c1-15(11-5-7-13(16)8-6-11)12-4-2-3-10(14)9-12/h2-4,9,11,13,16H,5-8H2,1H3. The van der Waals surface area contributed by atoms with E-state index in [0.29, 0.717) is 6.04 Å². The van der Waals surface area contributed by atoms with Crippen LogP contribution < -0.4 is 4.90 Å². The molecule has 0 spiro atoms. The van der Waals surface area contributed by atoms with E-state index in [9.17, 15) is 5.11 Å². The van der Waals surface area contributed by atoms with Gasteiger partial charge in [0, 0.05) is 23.8 Å². The molecule has 1 aromatic rings. The molecule has 1 aliphatic carbocycles. The molecule has 0 radical (unpaired) electrons. The Labute approximate surface area is 102 Å². The van der Waals surface area contributed by atoms with Gasteiger partial charge in [0.15, 0.2) is 0 Å². The number of halogens is 1. The van der Waals surface area contributed by atoms with Crippen LogP contribution in [0.4, 0.5) is 5.69 Å². The molecule has 0 bridgehead atoms. The van der Waals surface area contributed by atoms with Crippen LogP contribution in [-0.4, -0.2) is 24.3 Å². The molecule has 0 unspecified atom stereocenters. The molecule has 1 fully saturated rings. The Bertz CT molecular complexity index is 348. The van der Waals surface area contributed by atoms with Crippen LogP contribution in [-0.2, 0) is 0 Å². The van der Waals surface area contributed by atoms with Crippen LogP contribution in [0, 0.1) is 0 Å². The van der Waals surface area contributed by atoms with Gasteiger partial charge in [0.2, 0.25) is 0 Å². The van der Waals surface area contributed by atoms with E-state index in [2.05, 4.69) is 18.0 Å². The van der Waals surface area contributed by atoms with Crippen LogP contribution in [0.2, 0.25) is 5.02 Å². The van der Waals surface area contributed by atoms with Crippen molar-refractivity contribution in [2.75, 3.05) is 11.9 Å². The normalized spacial score (nSPS) is 25.4. The van der Waals surface area contributed by atoms with Gasteiger partial charge in [0.25, 0.3) is 0 Å². The fourth-order valence-electron chi connectivity index (χ4n) is 2.35. The maximum Gasteiger partial charge on any atom is 0.0541 e. The lowest BCUT2D eigenvalue weighted by Gasteiger charge is -2.34. The highest BCUT2D eigenvalue weighted by molar-refractivity contribution is 6.30. The first kappa shape index (κ1) is 11.7. The highest BCUT2D eigenvalue weighted by Gasteiger charge is 2.22. The monoisotopic (exact) mass is 239 g/mol. The first-order chi connectivity index (χ1) is 7.66. The lowest BCUT2D eigenvalue weighted by Crippen LogP contribution is -2.36. The van der Waals surface area contributed by atoms with Gasteiger partial charge < -0.3 is 10.0 Å². The minimum absolute atomic E-state index is 0.0935. The summed E-state index contributed by atoms with van der Waals surface area (Å²) in [6, 6.07) is 8.47. The van der Waals surface area contributed by atoms with Gasteiger partial charge in [-0.15, -0.1) is 0 Å². The largest absolute Gasteiger partial charge is 0.393 e. The van der Waals surface area contributed by atoms with Crippen molar-refractivity contribution in [3.8, 4) is 0 Å². The summed E-state index contributed by atoms with van der Waals surface area (Å²) in [5, 5.41) is 10.3. The SMILES string of the molecule is CN(c1cccc(Cl)c1)C1CCC(O)CC1. The third-order valence-electron chi connectivity index (χ3n) is 3.43. The molecule has 0 heterocycles. The van der Waals surface area contributed by atoms with Crippen molar-refractivity contribution in [3.05, 3.63) is 29.3 Å². The number of hydrogen-bond donors (Lipinski definition) is 1. The van der Waals surface area contributed by atoms with Crippen LogP contribution in [0.1, 0.15) is 25.7 Å². The van der Waals surface area contributed by atoms with E-state index in [1.807, 2.05) is 18.2 Å². The van der Waals surface area contributed by atoms with Gasteiger partial charge in [-0.25, -0.2) is 0 Å². The molecule has 0 aliphatic heterocycles. The molecule has 3 heteroatoms. The number of rotatable bonds is 2. The first-order valence-electron chi connectivity index (χ1n) is 5.83. The number of aliphatic hydroxyl groups is 1. The second-order valence-electron chi connectivity index (χ2n) is 4.55. The van der Waals surface area contributed by atoms with E-state index in [1.165, 1.54) is 0 Å². The average molecular weight is 240 g/mol. The van der Waals surface area contributed by atoms with Gasteiger partial charge in [-0.3, -0.25) is 0 Å². The Kier molecular flexibility index (Phi) is 3.72. The van der Waals surface area contributed by atoms with Crippen molar-refractivity contribution < 1.29 is 5.11 Å². The fourth-order valence-corrected chi connectivity index (χ4v) is 2.54. The maximum atomic E-state index is 9.48. The number of benzene rings is 1. The zero-order valence-corrected chi connectivity index (χ0v) is 10.3. The molecule has 2 nitrogen and oxygen atoms in total. The summed E-state index contributed by atoms with van der Waals surface area (Å²) in [4.78, 5) is 2.28. The summed E-state index contributed by atoms with van der Waals surface area (Å²) < 4.78 is 0. The Hall–Kier alpha value is -0.730. The Morgan fingerprint density at radius 1 is 1.25 bits per heavy atom. The molecule has 1 N–H and O–H groups in total. The minimum Gasteiger partial charge on any atom is -0.393 e. The Balaban J connectivity index is 2.04. The van der Waals surface area contributed by atoms with Crippen LogP contribution >= 0.6 is 11.6 Å². The lowest BCUT2D eigenvalue weighted by atomic mass is 9.92. The van der Waals surface area contributed by atoms with Gasteiger partial charge in [-0.05, 0) is 43.9 Å². The van der Waals surface area contributed by atoms with Crippen molar-refractivity contribution in [2.24, 2.45) is 0 Å². The van der Waals surface area contributed by atoms with Crippen molar-refractivity contribution in [1.29, 1.82) is 0 Å². The summed E-state index contributed by atoms with van der Waals surface area (Å²) in [7, 11) is 2.11. The zero-order chi connectivity index (χ0) is 11.5. The molecule has 1 saturated carbocycles. The van der Waals surface area contributed by atoms with E-state index >= 15 is 0 Å². The van der Waals surface area contributed by atoms with Crippen LogP contribution in [0.15, 0.2) is 24.3 Å². The molecule has 0 atom stereocenters. The molecule has 0 aromatic heterocycles. The average Bonchev–Trinajstić information content (AvgIpc) is 2.29. The molecule has 0 saturated heterocycles. The summed E-state index contributed by atoms with van der Waals surface area (Å²) in [6.45, 7) is 0. The Morgan fingerprint density at radius 3 is 2.56 bits per heavy atom. The molecule has 88 valence electrons. The van der Waals surface area contributed by atoms with Gasteiger partial charge in [0.05, 0.1) is 6.10 Å². The predicted octanol–water partition coefficient (Wildman–Crippen LogP) is 3.08. The molecular formula is C13H18ClNO. The minimum atomic E-state index is -0.0935. The third kappa shape index (κ3) is 2.69. The molecule has 0 amide bonds. The van der Waals surface area contributed by atoms with Crippen molar-refractivity contribution in [3.63, 3.8) is 0 Å². The second kappa shape index (κ2) is 5.07. The smallest absolute Gasteiger partial charge is 0.0541 e. The number of anilines is 1. The zero-order valence-electron chi connectivity index (χ0n) is 9.56. The summed E-state index contributed by atoms with van der Waals surface area (Å²) in [5.41, 5.74) is 1.16. The molecular weight excluding hydrogens is 222 g/mol. The Morgan fingerprint density at radius 2 is 1.94 bits per heavy atom. The van der Waals surface area contributed by atoms with Crippen LogP contribution in [0.25, 0.3) is 0 Å². The lowest BCUT2D eigenvalue weighted by molar-refractivity contribution is 0.122. The number of aliphatic hydroxyl groups excluding tert-OH is 1. The number of nitrogens with zero attached hydrogens (tertiary/aromatic N) is 1. The fraction of sp³-hybridized carbons (Fsp3) is 0.538. The molecule has 1 aliphatic rings. The maximum absolute atomic E-state index is 9.48. The second-order valence-corrected chi connectivity index (χ2v) is 4.99.